The first-order valence-corrected chi connectivity index (χ1v) is 10.6. The van der Waals surface area contributed by atoms with E-state index in [0.717, 1.165) is 18.4 Å². The molecule has 0 aliphatic carbocycles. The highest BCUT2D eigenvalue weighted by Gasteiger charge is 2.44. The molecule has 0 radical (unpaired) electrons. The third-order valence-corrected chi connectivity index (χ3v) is 5.38. The molecule has 1 unspecified atom stereocenters. The first-order valence-electron chi connectivity index (χ1n) is 10.6. The SMILES string of the molecule is CCCCN(C[C@H]1OC(O)[C@H](O)[C@H]1OCc1cccc(OC)c1)C(=O)c1ccccc1. The number of ether oxygens (including phenoxy) is 3. The Kier molecular flexibility index (Phi) is 8.43. The van der Waals surface area contributed by atoms with Gasteiger partial charge in [0, 0.05) is 18.7 Å². The fourth-order valence-electron chi connectivity index (χ4n) is 3.63. The summed E-state index contributed by atoms with van der Waals surface area (Å²) in [5.74, 6) is 0.597. The van der Waals surface area contributed by atoms with Crippen LogP contribution in [0.15, 0.2) is 54.6 Å². The normalized spacial score (nSPS) is 23.0. The van der Waals surface area contributed by atoms with Crippen molar-refractivity contribution in [2.24, 2.45) is 0 Å². The van der Waals surface area contributed by atoms with Crippen molar-refractivity contribution in [3.63, 3.8) is 0 Å². The molecule has 2 aromatic carbocycles. The third kappa shape index (κ3) is 6.04. The fourth-order valence-corrected chi connectivity index (χ4v) is 3.63. The molecule has 168 valence electrons. The van der Waals surface area contributed by atoms with E-state index in [0.29, 0.717) is 17.9 Å². The minimum absolute atomic E-state index is 0.111. The Hall–Kier alpha value is -2.45. The number of unbranched alkanes of at least 4 members (excludes halogenated alkanes) is 1. The van der Waals surface area contributed by atoms with Crippen molar-refractivity contribution in [3.8, 4) is 5.75 Å². The second kappa shape index (κ2) is 11.2. The van der Waals surface area contributed by atoms with Crippen molar-refractivity contribution in [3.05, 3.63) is 65.7 Å². The maximum absolute atomic E-state index is 13.0. The van der Waals surface area contributed by atoms with Crippen LogP contribution < -0.4 is 4.74 Å². The van der Waals surface area contributed by atoms with Gasteiger partial charge in [0.2, 0.25) is 0 Å². The summed E-state index contributed by atoms with van der Waals surface area (Å²) < 4.78 is 16.8. The summed E-state index contributed by atoms with van der Waals surface area (Å²) in [5.41, 5.74) is 1.46. The number of rotatable bonds is 10. The zero-order valence-corrected chi connectivity index (χ0v) is 18.0. The van der Waals surface area contributed by atoms with Crippen molar-refractivity contribution in [2.75, 3.05) is 20.2 Å². The van der Waals surface area contributed by atoms with Crippen LogP contribution in [-0.2, 0) is 16.1 Å². The Morgan fingerprint density at radius 1 is 1.13 bits per heavy atom. The average Bonchev–Trinajstić information content (AvgIpc) is 3.07. The van der Waals surface area contributed by atoms with Gasteiger partial charge in [-0.3, -0.25) is 4.79 Å². The van der Waals surface area contributed by atoms with Crippen LogP contribution in [0.5, 0.6) is 5.75 Å². The average molecular weight is 430 g/mol. The number of aliphatic hydroxyl groups excluding tert-OH is 2. The van der Waals surface area contributed by atoms with Gasteiger partial charge in [-0.2, -0.15) is 0 Å². The molecular weight excluding hydrogens is 398 g/mol. The van der Waals surface area contributed by atoms with Crippen LogP contribution in [0.3, 0.4) is 0 Å². The van der Waals surface area contributed by atoms with Gasteiger partial charge in [0.15, 0.2) is 6.29 Å². The lowest BCUT2D eigenvalue weighted by Gasteiger charge is -2.28. The van der Waals surface area contributed by atoms with Crippen LogP contribution in [0.2, 0.25) is 0 Å². The Balaban J connectivity index is 1.71. The highest BCUT2D eigenvalue weighted by molar-refractivity contribution is 5.94. The van der Waals surface area contributed by atoms with Gasteiger partial charge in [0.1, 0.15) is 24.1 Å². The first-order chi connectivity index (χ1) is 15.0. The number of methoxy groups -OCH3 is 1. The Morgan fingerprint density at radius 3 is 2.61 bits per heavy atom. The molecular formula is C24H31NO6. The molecule has 0 saturated carbocycles. The zero-order chi connectivity index (χ0) is 22.2. The second-order valence-corrected chi connectivity index (χ2v) is 7.65. The van der Waals surface area contributed by atoms with Crippen LogP contribution in [0.25, 0.3) is 0 Å². The van der Waals surface area contributed by atoms with Crippen LogP contribution >= 0.6 is 0 Å². The predicted molar refractivity (Wildman–Crippen MR) is 116 cm³/mol. The fraction of sp³-hybridized carbons (Fsp3) is 0.458. The van der Waals surface area contributed by atoms with Gasteiger partial charge in [0.05, 0.1) is 13.7 Å². The number of aliphatic hydroxyl groups is 2. The van der Waals surface area contributed by atoms with Gasteiger partial charge in [-0.1, -0.05) is 43.7 Å². The van der Waals surface area contributed by atoms with Gasteiger partial charge in [-0.15, -0.1) is 0 Å². The summed E-state index contributed by atoms with van der Waals surface area (Å²) in [6.07, 6.45) is -2.21. The topological polar surface area (TPSA) is 88.5 Å². The van der Waals surface area contributed by atoms with Crippen molar-refractivity contribution >= 4 is 5.91 Å². The van der Waals surface area contributed by atoms with E-state index >= 15 is 0 Å². The Bertz CT molecular complexity index is 830. The maximum Gasteiger partial charge on any atom is 0.253 e. The van der Waals surface area contributed by atoms with Crippen LogP contribution in [-0.4, -0.2) is 65.8 Å². The number of carbonyl (C=O) groups excluding carboxylic acids is 1. The minimum atomic E-state index is -1.36. The molecule has 7 nitrogen and oxygen atoms in total. The number of nitrogens with zero attached hydrogens (tertiary/aromatic N) is 1. The third-order valence-electron chi connectivity index (χ3n) is 5.38. The summed E-state index contributed by atoms with van der Waals surface area (Å²) in [6, 6.07) is 16.5. The number of amides is 1. The minimum Gasteiger partial charge on any atom is -0.497 e. The van der Waals surface area contributed by atoms with Crippen molar-refractivity contribution in [1.82, 2.24) is 4.90 Å². The molecule has 0 bridgehead atoms. The van der Waals surface area contributed by atoms with Crippen molar-refractivity contribution in [2.45, 2.75) is 51.0 Å². The molecule has 1 aliphatic heterocycles. The van der Waals surface area contributed by atoms with Crippen LogP contribution in [0.1, 0.15) is 35.7 Å². The molecule has 31 heavy (non-hydrogen) atoms. The molecule has 0 aromatic heterocycles. The predicted octanol–water partition coefficient (Wildman–Crippen LogP) is 2.60. The highest BCUT2D eigenvalue weighted by atomic mass is 16.7. The number of benzene rings is 2. The molecule has 1 aliphatic rings. The summed E-state index contributed by atoms with van der Waals surface area (Å²) in [7, 11) is 1.59. The smallest absolute Gasteiger partial charge is 0.253 e. The van der Waals surface area contributed by atoms with E-state index in [1.807, 2.05) is 42.5 Å². The van der Waals surface area contributed by atoms with Gasteiger partial charge < -0.3 is 29.3 Å². The van der Waals surface area contributed by atoms with E-state index in [1.165, 1.54) is 0 Å². The number of carbonyl (C=O) groups is 1. The number of hydrogen-bond donors (Lipinski definition) is 2. The lowest BCUT2D eigenvalue weighted by atomic mass is 10.1. The Morgan fingerprint density at radius 2 is 1.90 bits per heavy atom. The molecule has 2 N–H and O–H groups in total. The molecule has 4 atom stereocenters. The maximum atomic E-state index is 13.0. The lowest BCUT2D eigenvalue weighted by molar-refractivity contribution is -0.129. The van der Waals surface area contributed by atoms with Crippen molar-refractivity contribution in [1.29, 1.82) is 0 Å². The standard InChI is InChI=1S/C24H31NO6/c1-3-4-13-25(23(27)18-10-6-5-7-11-18)15-20-22(21(26)24(28)31-20)30-16-17-9-8-12-19(14-17)29-2/h5-12,14,20-22,24,26,28H,3-4,13,15-16H2,1-2H3/t20-,21-,22+,24?/m1/s1. The monoisotopic (exact) mass is 429 g/mol. The molecule has 3 rings (SSSR count). The summed E-state index contributed by atoms with van der Waals surface area (Å²) in [5, 5.41) is 20.5. The molecule has 2 aromatic rings. The summed E-state index contributed by atoms with van der Waals surface area (Å²) >= 11 is 0. The van der Waals surface area contributed by atoms with Gasteiger partial charge in [0.25, 0.3) is 5.91 Å². The zero-order valence-electron chi connectivity index (χ0n) is 18.0. The van der Waals surface area contributed by atoms with E-state index < -0.39 is 24.6 Å². The molecule has 1 saturated heterocycles. The van der Waals surface area contributed by atoms with Crippen LogP contribution in [0, 0.1) is 0 Å². The van der Waals surface area contributed by atoms with E-state index in [4.69, 9.17) is 14.2 Å². The highest BCUT2D eigenvalue weighted by Crippen LogP contribution is 2.26. The van der Waals surface area contributed by atoms with E-state index in [9.17, 15) is 15.0 Å². The van der Waals surface area contributed by atoms with Gasteiger partial charge in [-0.05, 0) is 36.2 Å². The van der Waals surface area contributed by atoms with Crippen molar-refractivity contribution < 1.29 is 29.2 Å². The summed E-state index contributed by atoms with van der Waals surface area (Å²) in [4.78, 5) is 14.8. The number of hydrogen-bond acceptors (Lipinski definition) is 6. The largest absolute Gasteiger partial charge is 0.497 e. The molecule has 1 heterocycles. The van der Waals surface area contributed by atoms with E-state index in [1.54, 1.807) is 24.1 Å². The van der Waals surface area contributed by atoms with Crippen LogP contribution in [0.4, 0.5) is 0 Å². The second-order valence-electron chi connectivity index (χ2n) is 7.65. The first kappa shape index (κ1) is 23.2. The van der Waals surface area contributed by atoms with Gasteiger partial charge in [-0.25, -0.2) is 0 Å². The Labute approximate surface area is 183 Å². The molecule has 1 amide bonds. The lowest BCUT2D eigenvalue weighted by Crippen LogP contribution is -2.44. The van der Waals surface area contributed by atoms with E-state index in [2.05, 4.69) is 6.92 Å². The molecule has 7 heteroatoms. The molecule has 1 fully saturated rings. The molecule has 0 spiro atoms. The summed E-state index contributed by atoms with van der Waals surface area (Å²) in [6.45, 7) is 3.04. The quantitative estimate of drug-likeness (QED) is 0.604. The van der Waals surface area contributed by atoms with E-state index in [-0.39, 0.29) is 19.1 Å². The van der Waals surface area contributed by atoms with Gasteiger partial charge >= 0.3 is 0 Å².